The fraction of sp³-hybridized carbons (Fsp3) is 0.588. The quantitative estimate of drug-likeness (QED) is 0.845. The molecule has 7 heteroatoms. The molecule has 1 aliphatic rings. The van der Waals surface area contributed by atoms with Crippen molar-refractivity contribution in [1.29, 1.82) is 0 Å². The molecule has 0 radical (unpaired) electrons. The van der Waals surface area contributed by atoms with Gasteiger partial charge in [-0.25, -0.2) is 4.79 Å². The van der Waals surface area contributed by atoms with E-state index in [-0.39, 0.29) is 18.2 Å². The molecular formula is C17H24N2O4S. The van der Waals surface area contributed by atoms with Gasteiger partial charge in [-0.15, -0.1) is 0 Å². The van der Waals surface area contributed by atoms with E-state index >= 15 is 0 Å². The average Bonchev–Trinajstić information content (AvgIpc) is 2.95. The zero-order valence-electron chi connectivity index (χ0n) is 14.3. The minimum atomic E-state index is -1.10. The smallest absolute Gasteiger partial charge is 0.408 e. The van der Waals surface area contributed by atoms with E-state index in [9.17, 15) is 19.5 Å². The first-order chi connectivity index (χ1) is 11.2. The molecule has 2 amide bonds. The van der Waals surface area contributed by atoms with Crippen molar-refractivity contribution in [3.05, 3.63) is 22.4 Å². The standard InChI is InChI=1S/C17H24N2O4S/c1-17(2,3)19(16(22)23)13-6-4-5-8-18(15(13)21)10-14(20)12-7-9-24-11-12/h7,9,11,13H,4-6,8,10H2,1-3H3,(H,22,23)/t13-/m0/s1. The number of thiophene rings is 1. The molecule has 0 spiro atoms. The van der Waals surface area contributed by atoms with Crippen LogP contribution in [-0.4, -0.2) is 57.4 Å². The number of rotatable bonds is 4. The van der Waals surface area contributed by atoms with Gasteiger partial charge in [0.2, 0.25) is 5.91 Å². The number of hydrogen-bond donors (Lipinski definition) is 1. The molecule has 1 atom stereocenters. The molecule has 2 heterocycles. The van der Waals surface area contributed by atoms with E-state index in [0.717, 1.165) is 12.8 Å². The number of nitrogens with zero attached hydrogens (tertiary/aromatic N) is 2. The monoisotopic (exact) mass is 352 g/mol. The largest absolute Gasteiger partial charge is 0.465 e. The number of carbonyl (C=O) groups excluding carboxylic acids is 2. The molecule has 132 valence electrons. The maximum atomic E-state index is 12.9. The number of Topliss-reactive ketones (excluding diaryl/α,β-unsaturated/α-hetero) is 1. The maximum absolute atomic E-state index is 12.9. The zero-order valence-corrected chi connectivity index (χ0v) is 15.1. The van der Waals surface area contributed by atoms with Crippen molar-refractivity contribution in [2.24, 2.45) is 0 Å². The van der Waals surface area contributed by atoms with Gasteiger partial charge in [0.15, 0.2) is 5.78 Å². The Kier molecular flexibility index (Phi) is 5.64. The normalized spacial score (nSPS) is 19.0. The van der Waals surface area contributed by atoms with Crippen LogP contribution in [-0.2, 0) is 4.79 Å². The van der Waals surface area contributed by atoms with E-state index in [1.165, 1.54) is 21.1 Å². The van der Waals surface area contributed by atoms with Gasteiger partial charge in [-0.3, -0.25) is 14.5 Å². The number of likely N-dealkylation sites (tertiary alicyclic amines) is 1. The van der Waals surface area contributed by atoms with E-state index in [1.807, 2.05) is 5.38 Å². The molecule has 0 unspecified atom stereocenters. The Morgan fingerprint density at radius 1 is 1.38 bits per heavy atom. The lowest BCUT2D eigenvalue weighted by Gasteiger charge is -2.39. The van der Waals surface area contributed by atoms with Crippen molar-refractivity contribution in [1.82, 2.24) is 9.80 Å². The summed E-state index contributed by atoms with van der Waals surface area (Å²) < 4.78 is 0. The van der Waals surface area contributed by atoms with Crippen LogP contribution in [0.4, 0.5) is 4.79 Å². The highest BCUT2D eigenvalue weighted by atomic mass is 32.1. The van der Waals surface area contributed by atoms with Crippen LogP contribution < -0.4 is 0 Å². The third-order valence-electron chi connectivity index (χ3n) is 4.17. The molecule has 6 nitrogen and oxygen atoms in total. The van der Waals surface area contributed by atoms with E-state index in [4.69, 9.17) is 0 Å². The number of hydrogen-bond acceptors (Lipinski definition) is 4. The number of ketones is 1. The predicted molar refractivity (Wildman–Crippen MR) is 92.5 cm³/mol. The first-order valence-electron chi connectivity index (χ1n) is 8.08. The van der Waals surface area contributed by atoms with Crippen LogP contribution in [0.2, 0.25) is 0 Å². The Morgan fingerprint density at radius 3 is 2.62 bits per heavy atom. The molecule has 0 saturated carbocycles. The van der Waals surface area contributed by atoms with Crippen molar-refractivity contribution in [2.75, 3.05) is 13.1 Å². The van der Waals surface area contributed by atoms with Gasteiger partial charge in [-0.2, -0.15) is 11.3 Å². The molecule has 24 heavy (non-hydrogen) atoms. The fourth-order valence-electron chi connectivity index (χ4n) is 3.06. The number of carboxylic acid groups (broad SMARTS) is 1. The van der Waals surface area contributed by atoms with Crippen molar-refractivity contribution >= 4 is 29.1 Å². The topological polar surface area (TPSA) is 77.9 Å². The SMILES string of the molecule is CC(C)(C)N(C(=O)O)[C@H]1CCCCN(CC(=O)c2ccsc2)C1=O. The van der Waals surface area contributed by atoms with Gasteiger partial charge in [0, 0.05) is 23.0 Å². The zero-order chi connectivity index (χ0) is 17.9. The first-order valence-corrected chi connectivity index (χ1v) is 9.02. The Labute approximate surface area is 146 Å². The highest BCUT2D eigenvalue weighted by molar-refractivity contribution is 7.08. The second kappa shape index (κ2) is 7.34. The number of carbonyl (C=O) groups is 3. The Bertz CT molecular complexity index is 607. The van der Waals surface area contributed by atoms with Crippen molar-refractivity contribution in [2.45, 2.75) is 51.6 Å². The third-order valence-corrected chi connectivity index (χ3v) is 4.85. The highest BCUT2D eigenvalue weighted by Gasteiger charge is 2.40. The summed E-state index contributed by atoms with van der Waals surface area (Å²) in [7, 11) is 0. The summed E-state index contributed by atoms with van der Waals surface area (Å²) in [6.45, 7) is 5.83. The molecule has 0 bridgehead atoms. The van der Waals surface area contributed by atoms with Gasteiger partial charge < -0.3 is 10.0 Å². The van der Waals surface area contributed by atoms with Gasteiger partial charge in [-0.1, -0.05) is 0 Å². The molecule has 2 rings (SSSR count). The van der Waals surface area contributed by atoms with Crippen LogP contribution in [0.15, 0.2) is 16.8 Å². The third kappa shape index (κ3) is 4.14. The van der Waals surface area contributed by atoms with Gasteiger partial charge in [0.05, 0.1) is 6.54 Å². The van der Waals surface area contributed by atoms with Crippen LogP contribution in [0, 0.1) is 0 Å². The van der Waals surface area contributed by atoms with Crippen LogP contribution in [0.3, 0.4) is 0 Å². The summed E-state index contributed by atoms with van der Waals surface area (Å²) in [6.07, 6.45) is 0.925. The molecule has 1 aromatic heterocycles. The van der Waals surface area contributed by atoms with Crippen molar-refractivity contribution < 1.29 is 19.5 Å². The van der Waals surface area contributed by atoms with Gasteiger partial charge in [0.1, 0.15) is 6.04 Å². The Morgan fingerprint density at radius 2 is 2.08 bits per heavy atom. The summed E-state index contributed by atoms with van der Waals surface area (Å²) in [5.74, 6) is -0.378. The molecule has 0 aromatic carbocycles. The highest BCUT2D eigenvalue weighted by Crippen LogP contribution is 2.25. The number of amides is 2. The molecule has 1 fully saturated rings. The van der Waals surface area contributed by atoms with E-state index in [1.54, 1.807) is 32.2 Å². The van der Waals surface area contributed by atoms with E-state index in [2.05, 4.69) is 0 Å². The van der Waals surface area contributed by atoms with Gasteiger partial charge in [-0.05, 0) is 51.5 Å². The van der Waals surface area contributed by atoms with Crippen LogP contribution >= 0.6 is 11.3 Å². The van der Waals surface area contributed by atoms with Crippen LogP contribution in [0.1, 0.15) is 50.4 Å². The lowest BCUT2D eigenvalue weighted by atomic mass is 10.00. The fourth-order valence-corrected chi connectivity index (χ4v) is 3.72. The maximum Gasteiger partial charge on any atom is 0.408 e. The summed E-state index contributed by atoms with van der Waals surface area (Å²) in [5.41, 5.74) is -0.0842. The predicted octanol–water partition coefficient (Wildman–Crippen LogP) is 3.09. The second-order valence-electron chi connectivity index (χ2n) is 7.03. The van der Waals surface area contributed by atoms with Gasteiger partial charge in [0.25, 0.3) is 0 Å². The molecule has 1 aromatic rings. The summed E-state index contributed by atoms with van der Waals surface area (Å²) in [4.78, 5) is 39.7. The van der Waals surface area contributed by atoms with Gasteiger partial charge >= 0.3 is 6.09 Å². The Hall–Kier alpha value is -1.89. The van der Waals surface area contributed by atoms with E-state index in [0.29, 0.717) is 18.5 Å². The summed E-state index contributed by atoms with van der Waals surface area (Å²) in [5, 5.41) is 13.2. The minimum Gasteiger partial charge on any atom is -0.465 e. The molecule has 1 saturated heterocycles. The van der Waals surface area contributed by atoms with Crippen molar-refractivity contribution in [3.8, 4) is 0 Å². The van der Waals surface area contributed by atoms with Crippen LogP contribution in [0.25, 0.3) is 0 Å². The Balaban J connectivity index is 2.20. The minimum absolute atomic E-state index is 0.00364. The summed E-state index contributed by atoms with van der Waals surface area (Å²) >= 11 is 1.44. The molecule has 1 aliphatic heterocycles. The lowest BCUT2D eigenvalue weighted by Crippen LogP contribution is -2.57. The average molecular weight is 352 g/mol. The van der Waals surface area contributed by atoms with Crippen molar-refractivity contribution in [3.63, 3.8) is 0 Å². The first kappa shape index (κ1) is 18.4. The van der Waals surface area contributed by atoms with E-state index < -0.39 is 17.7 Å². The van der Waals surface area contributed by atoms with Crippen LogP contribution in [0.5, 0.6) is 0 Å². The molecule has 1 N–H and O–H groups in total. The second-order valence-corrected chi connectivity index (χ2v) is 7.81. The summed E-state index contributed by atoms with van der Waals surface area (Å²) in [6, 6.07) is 1.01. The lowest BCUT2D eigenvalue weighted by molar-refractivity contribution is -0.137. The molecular weight excluding hydrogens is 328 g/mol. The molecule has 0 aliphatic carbocycles.